The second kappa shape index (κ2) is 8.79. The molecule has 0 amide bonds. The van der Waals surface area contributed by atoms with Gasteiger partial charge in [-0.15, -0.1) is 0 Å². The SMILES string of the molecule is CN(C)CCCCCCOc1ccc2c(c1)CC[C@H]1[C@H]3CCC(=O)[C@@]3(C)CC[C@@H]21. The van der Waals surface area contributed by atoms with E-state index in [0.717, 1.165) is 44.5 Å². The van der Waals surface area contributed by atoms with Crippen LogP contribution in [-0.4, -0.2) is 37.9 Å². The van der Waals surface area contributed by atoms with E-state index in [1.165, 1.54) is 44.2 Å². The minimum atomic E-state index is -0.0196. The van der Waals surface area contributed by atoms with E-state index in [9.17, 15) is 4.79 Å². The van der Waals surface area contributed by atoms with E-state index in [1.54, 1.807) is 5.56 Å². The summed E-state index contributed by atoms with van der Waals surface area (Å²) in [4.78, 5) is 14.7. The van der Waals surface area contributed by atoms with Gasteiger partial charge in [0, 0.05) is 11.8 Å². The first kappa shape index (κ1) is 20.9. The third-order valence-corrected chi connectivity index (χ3v) is 8.18. The molecule has 0 radical (unpaired) electrons. The predicted octanol–water partition coefficient (Wildman–Crippen LogP) is 5.61. The van der Waals surface area contributed by atoms with Crippen molar-refractivity contribution in [1.82, 2.24) is 4.90 Å². The molecule has 0 unspecified atom stereocenters. The number of fused-ring (bicyclic) bond motifs is 5. The lowest BCUT2D eigenvalue weighted by molar-refractivity contribution is -0.129. The number of carbonyl (C=O) groups is 1. The first-order valence-electron chi connectivity index (χ1n) is 11.9. The summed E-state index contributed by atoms with van der Waals surface area (Å²) in [6.45, 7) is 4.27. The van der Waals surface area contributed by atoms with Crippen molar-refractivity contribution in [3.05, 3.63) is 29.3 Å². The third-order valence-electron chi connectivity index (χ3n) is 8.18. The van der Waals surface area contributed by atoms with Gasteiger partial charge in [-0.05, 0) is 107 Å². The molecule has 4 atom stereocenters. The summed E-state index contributed by atoms with van der Waals surface area (Å²) in [5, 5.41) is 0. The van der Waals surface area contributed by atoms with Crippen LogP contribution < -0.4 is 4.74 Å². The monoisotopic (exact) mass is 397 g/mol. The third kappa shape index (κ3) is 4.26. The zero-order valence-corrected chi connectivity index (χ0v) is 18.7. The van der Waals surface area contributed by atoms with Crippen molar-refractivity contribution in [1.29, 1.82) is 0 Å². The summed E-state index contributed by atoms with van der Waals surface area (Å²) < 4.78 is 6.08. The number of carbonyl (C=O) groups excluding carboxylic acids is 1. The topological polar surface area (TPSA) is 29.5 Å². The Bertz CT molecular complexity index is 727. The van der Waals surface area contributed by atoms with Crippen LogP contribution in [0.1, 0.15) is 81.8 Å². The summed E-state index contributed by atoms with van der Waals surface area (Å²) in [5.74, 6) is 3.57. The number of hydrogen-bond acceptors (Lipinski definition) is 3. The van der Waals surface area contributed by atoms with Gasteiger partial charge in [0.1, 0.15) is 11.5 Å². The molecule has 2 saturated carbocycles. The van der Waals surface area contributed by atoms with Gasteiger partial charge in [0.05, 0.1) is 6.61 Å². The first-order valence-corrected chi connectivity index (χ1v) is 11.9. The minimum Gasteiger partial charge on any atom is -0.494 e. The van der Waals surface area contributed by atoms with Crippen LogP contribution in [0.15, 0.2) is 18.2 Å². The number of Topliss-reactive ketones (excluding diaryl/α,β-unsaturated/α-hetero) is 1. The van der Waals surface area contributed by atoms with E-state index in [2.05, 4.69) is 44.1 Å². The summed E-state index contributed by atoms with van der Waals surface area (Å²) in [6.07, 6.45) is 11.6. The average molecular weight is 398 g/mol. The van der Waals surface area contributed by atoms with Crippen molar-refractivity contribution in [2.24, 2.45) is 17.3 Å². The Balaban J connectivity index is 1.31. The molecule has 3 heteroatoms. The lowest BCUT2D eigenvalue weighted by Crippen LogP contribution is -2.42. The van der Waals surface area contributed by atoms with Crippen LogP contribution in [0.2, 0.25) is 0 Å². The molecule has 0 N–H and O–H groups in total. The van der Waals surface area contributed by atoms with E-state index < -0.39 is 0 Å². The van der Waals surface area contributed by atoms with Gasteiger partial charge in [0.15, 0.2) is 0 Å². The van der Waals surface area contributed by atoms with Crippen molar-refractivity contribution >= 4 is 5.78 Å². The zero-order chi connectivity index (χ0) is 20.4. The Morgan fingerprint density at radius 1 is 1.07 bits per heavy atom. The van der Waals surface area contributed by atoms with Crippen molar-refractivity contribution in [3.8, 4) is 5.75 Å². The highest BCUT2D eigenvalue weighted by molar-refractivity contribution is 5.87. The molecule has 3 aliphatic rings. The number of hydrogen-bond donors (Lipinski definition) is 0. The van der Waals surface area contributed by atoms with Crippen LogP contribution >= 0.6 is 0 Å². The summed E-state index contributed by atoms with van der Waals surface area (Å²) in [6, 6.07) is 6.85. The van der Waals surface area contributed by atoms with Gasteiger partial charge in [-0.2, -0.15) is 0 Å². The fourth-order valence-electron chi connectivity index (χ4n) is 6.49. The second-order valence-corrected chi connectivity index (χ2v) is 10.3. The molecule has 0 heterocycles. The standard InChI is InChI=1S/C26H39NO2/c1-26-15-14-22-21-11-9-20(29-17-7-5-4-6-16-27(2)3)18-19(21)8-10-23(22)24(26)12-13-25(26)28/h9,11,18,22-24H,4-8,10,12-17H2,1-3H3/t22-,23+,24+,26-/m0/s1. The first-order chi connectivity index (χ1) is 14.0. The van der Waals surface area contributed by atoms with E-state index in [4.69, 9.17) is 4.74 Å². The molecule has 3 nitrogen and oxygen atoms in total. The molecule has 0 aromatic heterocycles. The summed E-state index contributed by atoms with van der Waals surface area (Å²) in [7, 11) is 4.28. The highest BCUT2D eigenvalue weighted by Crippen LogP contribution is 2.59. The molecule has 0 bridgehead atoms. The molecule has 3 aliphatic carbocycles. The number of unbranched alkanes of at least 4 members (excludes halogenated alkanes) is 3. The lowest BCUT2D eigenvalue weighted by Gasteiger charge is -2.48. The van der Waals surface area contributed by atoms with Crippen LogP contribution in [0.4, 0.5) is 0 Å². The highest BCUT2D eigenvalue weighted by atomic mass is 16.5. The molecule has 160 valence electrons. The average Bonchev–Trinajstić information content (AvgIpc) is 3.01. The fourth-order valence-corrected chi connectivity index (χ4v) is 6.49. The molecule has 1 aromatic rings. The van der Waals surface area contributed by atoms with Crippen molar-refractivity contribution in [3.63, 3.8) is 0 Å². The largest absolute Gasteiger partial charge is 0.494 e. The van der Waals surface area contributed by atoms with Crippen LogP contribution in [0.3, 0.4) is 0 Å². The Kier molecular flexibility index (Phi) is 6.34. The van der Waals surface area contributed by atoms with Crippen LogP contribution in [0.5, 0.6) is 5.75 Å². The van der Waals surface area contributed by atoms with Crippen LogP contribution in [0.25, 0.3) is 0 Å². The molecule has 0 aliphatic heterocycles. The number of ether oxygens (including phenoxy) is 1. The van der Waals surface area contributed by atoms with Crippen molar-refractivity contribution < 1.29 is 9.53 Å². The highest BCUT2D eigenvalue weighted by Gasteiger charge is 2.54. The number of nitrogens with zero attached hydrogens (tertiary/aromatic N) is 1. The van der Waals surface area contributed by atoms with Gasteiger partial charge in [-0.25, -0.2) is 0 Å². The summed E-state index contributed by atoms with van der Waals surface area (Å²) >= 11 is 0. The molecule has 29 heavy (non-hydrogen) atoms. The number of rotatable bonds is 8. The van der Waals surface area contributed by atoms with Gasteiger partial charge in [-0.3, -0.25) is 4.79 Å². The summed E-state index contributed by atoms with van der Waals surface area (Å²) in [5.41, 5.74) is 3.04. The Labute approximate surface area is 177 Å². The van der Waals surface area contributed by atoms with Gasteiger partial charge in [0.25, 0.3) is 0 Å². The molecule has 0 saturated heterocycles. The lowest BCUT2D eigenvalue weighted by atomic mass is 9.55. The van der Waals surface area contributed by atoms with E-state index in [-0.39, 0.29) is 5.41 Å². The normalized spacial score (nSPS) is 30.8. The van der Waals surface area contributed by atoms with Gasteiger partial charge in [0.2, 0.25) is 0 Å². The van der Waals surface area contributed by atoms with Gasteiger partial charge >= 0.3 is 0 Å². The maximum Gasteiger partial charge on any atom is 0.139 e. The quantitative estimate of drug-likeness (QED) is 0.534. The van der Waals surface area contributed by atoms with E-state index in [1.807, 2.05) is 0 Å². The molecule has 4 rings (SSSR count). The number of aryl methyl sites for hydroxylation is 1. The Morgan fingerprint density at radius 2 is 1.90 bits per heavy atom. The van der Waals surface area contributed by atoms with E-state index >= 15 is 0 Å². The van der Waals surface area contributed by atoms with Crippen LogP contribution in [0, 0.1) is 17.3 Å². The van der Waals surface area contributed by atoms with Crippen LogP contribution in [-0.2, 0) is 11.2 Å². The zero-order valence-electron chi connectivity index (χ0n) is 18.7. The minimum absolute atomic E-state index is 0.0196. The van der Waals surface area contributed by atoms with Crippen molar-refractivity contribution in [2.75, 3.05) is 27.2 Å². The Hall–Kier alpha value is -1.35. The second-order valence-electron chi connectivity index (χ2n) is 10.3. The molecular weight excluding hydrogens is 358 g/mol. The smallest absolute Gasteiger partial charge is 0.139 e. The van der Waals surface area contributed by atoms with Gasteiger partial charge < -0.3 is 9.64 Å². The maximum absolute atomic E-state index is 12.5. The molecule has 1 aromatic carbocycles. The number of ketones is 1. The predicted molar refractivity (Wildman–Crippen MR) is 119 cm³/mol. The van der Waals surface area contributed by atoms with Gasteiger partial charge in [-0.1, -0.05) is 25.8 Å². The molecule has 2 fully saturated rings. The number of benzene rings is 1. The Morgan fingerprint density at radius 3 is 2.72 bits per heavy atom. The molecular formula is C26H39NO2. The fraction of sp³-hybridized carbons (Fsp3) is 0.731. The maximum atomic E-state index is 12.5. The molecule has 0 spiro atoms. The van der Waals surface area contributed by atoms with Crippen molar-refractivity contribution in [2.45, 2.75) is 77.0 Å². The van der Waals surface area contributed by atoms with E-state index in [0.29, 0.717) is 23.5 Å².